The zero-order valence-electron chi connectivity index (χ0n) is 8.01. The van der Waals surface area contributed by atoms with Crippen LogP contribution in [0.4, 0.5) is 24.8 Å². The molecule has 88 valence electrons. The number of amides is 1. The standard InChI is InChI=1S/C8H9F3N4O/c9-8(10,11)4-1-5(12)15-7(2-4)14-3-6(13)16/h1-2H,3H2,(H2,13,16)(H3,12,14,15). The van der Waals surface area contributed by atoms with Crippen LogP contribution in [0.2, 0.25) is 0 Å². The molecule has 1 heterocycles. The van der Waals surface area contributed by atoms with Crippen molar-refractivity contribution in [1.29, 1.82) is 0 Å². The molecular weight excluding hydrogens is 225 g/mol. The van der Waals surface area contributed by atoms with Gasteiger partial charge in [-0.15, -0.1) is 0 Å². The number of rotatable bonds is 3. The summed E-state index contributed by atoms with van der Waals surface area (Å²) in [5.74, 6) is -1.15. The smallest absolute Gasteiger partial charge is 0.384 e. The minimum absolute atomic E-state index is 0.147. The van der Waals surface area contributed by atoms with Gasteiger partial charge in [-0.05, 0) is 12.1 Å². The quantitative estimate of drug-likeness (QED) is 0.713. The molecule has 0 aliphatic heterocycles. The molecule has 0 aliphatic carbocycles. The van der Waals surface area contributed by atoms with Gasteiger partial charge in [-0.3, -0.25) is 4.79 Å². The second kappa shape index (κ2) is 4.25. The number of nitrogen functional groups attached to an aromatic ring is 1. The average molecular weight is 234 g/mol. The molecule has 1 aromatic heterocycles. The minimum atomic E-state index is -4.51. The van der Waals surface area contributed by atoms with E-state index in [4.69, 9.17) is 11.5 Å². The van der Waals surface area contributed by atoms with E-state index in [1.54, 1.807) is 0 Å². The van der Waals surface area contributed by atoms with Crippen LogP contribution in [0.15, 0.2) is 12.1 Å². The first-order valence-corrected chi connectivity index (χ1v) is 4.16. The van der Waals surface area contributed by atoms with Crippen molar-refractivity contribution in [2.24, 2.45) is 5.73 Å². The maximum absolute atomic E-state index is 12.3. The van der Waals surface area contributed by atoms with Gasteiger partial charge in [0.05, 0.1) is 12.1 Å². The van der Waals surface area contributed by atoms with Crippen LogP contribution in [0.1, 0.15) is 5.56 Å². The van der Waals surface area contributed by atoms with Gasteiger partial charge in [0.25, 0.3) is 0 Å². The lowest BCUT2D eigenvalue weighted by atomic mass is 10.2. The van der Waals surface area contributed by atoms with E-state index in [9.17, 15) is 18.0 Å². The summed E-state index contributed by atoms with van der Waals surface area (Å²) in [5.41, 5.74) is 9.08. The molecule has 5 nitrogen and oxygen atoms in total. The summed E-state index contributed by atoms with van der Waals surface area (Å²) < 4.78 is 37.0. The molecule has 0 atom stereocenters. The van der Waals surface area contributed by atoms with Crippen LogP contribution in [0, 0.1) is 0 Å². The number of aromatic nitrogens is 1. The van der Waals surface area contributed by atoms with E-state index in [1.807, 2.05) is 0 Å². The second-order valence-corrected chi connectivity index (χ2v) is 2.98. The summed E-state index contributed by atoms with van der Waals surface area (Å²) in [6.45, 7) is -0.312. The van der Waals surface area contributed by atoms with Crippen LogP contribution >= 0.6 is 0 Å². The zero-order chi connectivity index (χ0) is 12.3. The fraction of sp³-hybridized carbons (Fsp3) is 0.250. The van der Waals surface area contributed by atoms with Crippen molar-refractivity contribution in [1.82, 2.24) is 4.98 Å². The Morgan fingerprint density at radius 2 is 2.06 bits per heavy atom. The van der Waals surface area contributed by atoms with Crippen molar-refractivity contribution < 1.29 is 18.0 Å². The molecule has 0 bridgehead atoms. The Morgan fingerprint density at radius 1 is 1.44 bits per heavy atom. The summed E-state index contributed by atoms with van der Waals surface area (Å²) in [6.07, 6.45) is -4.51. The zero-order valence-corrected chi connectivity index (χ0v) is 8.01. The monoisotopic (exact) mass is 234 g/mol. The van der Waals surface area contributed by atoms with Gasteiger partial charge >= 0.3 is 6.18 Å². The lowest BCUT2D eigenvalue weighted by Crippen LogP contribution is -2.22. The molecule has 1 aromatic rings. The van der Waals surface area contributed by atoms with E-state index in [2.05, 4.69) is 10.3 Å². The molecule has 5 N–H and O–H groups in total. The predicted molar refractivity (Wildman–Crippen MR) is 51.3 cm³/mol. The number of carbonyl (C=O) groups is 1. The van der Waals surface area contributed by atoms with Gasteiger partial charge in [0, 0.05) is 0 Å². The Bertz CT molecular complexity index is 405. The third-order valence-corrected chi connectivity index (χ3v) is 1.62. The number of hydrogen-bond donors (Lipinski definition) is 3. The molecule has 8 heteroatoms. The highest BCUT2D eigenvalue weighted by atomic mass is 19.4. The number of primary amides is 1. The summed E-state index contributed by atoms with van der Waals surface area (Å²) in [7, 11) is 0. The molecule has 0 fully saturated rings. The number of carbonyl (C=O) groups excluding carboxylic acids is 1. The van der Waals surface area contributed by atoms with Crippen LogP contribution in [0.25, 0.3) is 0 Å². The Hall–Kier alpha value is -1.99. The highest BCUT2D eigenvalue weighted by Crippen LogP contribution is 2.31. The number of anilines is 2. The van der Waals surface area contributed by atoms with Crippen LogP contribution in [0.3, 0.4) is 0 Å². The first-order valence-electron chi connectivity index (χ1n) is 4.16. The molecule has 0 unspecified atom stereocenters. The van der Waals surface area contributed by atoms with Gasteiger partial charge in [0.2, 0.25) is 5.91 Å². The van der Waals surface area contributed by atoms with Crippen LogP contribution in [-0.2, 0) is 11.0 Å². The van der Waals surface area contributed by atoms with Gasteiger partial charge < -0.3 is 16.8 Å². The van der Waals surface area contributed by atoms with E-state index in [1.165, 1.54) is 0 Å². The third kappa shape index (κ3) is 3.30. The molecule has 1 amide bonds. The molecule has 0 radical (unpaired) electrons. The fourth-order valence-electron chi connectivity index (χ4n) is 0.984. The van der Waals surface area contributed by atoms with Crippen molar-refractivity contribution in [3.05, 3.63) is 17.7 Å². The summed E-state index contributed by atoms with van der Waals surface area (Å²) >= 11 is 0. The van der Waals surface area contributed by atoms with Gasteiger partial charge in [-0.1, -0.05) is 0 Å². The average Bonchev–Trinajstić information content (AvgIpc) is 2.12. The number of alkyl halides is 3. The fourth-order valence-corrected chi connectivity index (χ4v) is 0.984. The Morgan fingerprint density at radius 3 is 2.56 bits per heavy atom. The molecule has 1 rings (SSSR count). The first kappa shape index (κ1) is 12.1. The summed E-state index contributed by atoms with van der Waals surface area (Å²) in [4.78, 5) is 14.0. The topological polar surface area (TPSA) is 94.0 Å². The van der Waals surface area contributed by atoms with Crippen LogP contribution < -0.4 is 16.8 Å². The maximum Gasteiger partial charge on any atom is 0.416 e. The van der Waals surface area contributed by atoms with Gasteiger partial charge in [0.1, 0.15) is 11.6 Å². The maximum atomic E-state index is 12.3. The lowest BCUT2D eigenvalue weighted by molar-refractivity contribution is -0.137. The lowest BCUT2D eigenvalue weighted by Gasteiger charge is -2.10. The van der Waals surface area contributed by atoms with Crippen molar-refractivity contribution >= 4 is 17.5 Å². The summed E-state index contributed by atoms with van der Waals surface area (Å²) in [6, 6.07) is 1.45. The molecular formula is C8H9F3N4O. The van der Waals surface area contributed by atoms with Crippen molar-refractivity contribution in [3.63, 3.8) is 0 Å². The normalized spacial score (nSPS) is 11.2. The predicted octanol–water partition coefficient (Wildman–Crippen LogP) is 0.580. The molecule has 0 saturated heterocycles. The second-order valence-electron chi connectivity index (χ2n) is 2.98. The van der Waals surface area contributed by atoms with Gasteiger partial charge in [-0.25, -0.2) is 4.98 Å². The molecule has 0 aliphatic rings. The first-order chi connectivity index (χ1) is 7.29. The van der Waals surface area contributed by atoms with E-state index in [-0.39, 0.29) is 18.2 Å². The molecule has 0 spiro atoms. The SMILES string of the molecule is NC(=O)CNc1cc(C(F)(F)F)cc(N)n1. The highest BCUT2D eigenvalue weighted by molar-refractivity contribution is 5.78. The number of nitrogens with two attached hydrogens (primary N) is 2. The van der Waals surface area contributed by atoms with Crippen LogP contribution in [0.5, 0.6) is 0 Å². The molecule has 0 saturated carbocycles. The Labute approximate surface area is 88.6 Å². The van der Waals surface area contributed by atoms with Crippen LogP contribution in [-0.4, -0.2) is 17.4 Å². The number of pyridine rings is 1. The number of nitrogens with one attached hydrogen (secondary N) is 1. The number of nitrogens with zero attached hydrogens (tertiary/aromatic N) is 1. The Kier molecular flexibility index (Phi) is 3.21. The molecule has 0 aromatic carbocycles. The van der Waals surface area contributed by atoms with Gasteiger partial charge in [-0.2, -0.15) is 13.2 Å². The minimum Gasteiger partial charge on any atom is -0.384 e. The summed E-state index contributed by atoms with van der Waals surface area (Å²) in [5, 5.41) is 2.33. The van der Waals surface area contributed by atoms with Crippen molar-refractivity contribution in [3.8, 4) is 0 Å². The number of halogens is 3. The molecule has 16 heavy (non-hydrogen) atoms. The van der Waals surface area contributed by atoms with Crippen molar-refractivity contribution in [2.75, 3.05) is 17.6 Å². The van der Waals surface area contributed by atoms with E-state index < -0.39 is 17.6 Å². The Balaban J connectivity index is 2.94. The van der Waals surface area contributed by atoms with Crippen molar-refractivity contribution in [2.45, 2.75) is 6.18 Å². The van der Waals surface area contributed by atoms with E-state index >= 15 is 0 Å². The number of hydrogen-bond acceptors (Lipinski definition) is 4. The van der Waals surface area contributed by atoms with E-state index in [0.29, 0.717) is 6.07 Å². The van der Waals surface area contributed by atoms with Gasteiger partial charge in [0.15, 0.2) is 0 Å². The van der Waals surface area contributed by atoms with E-state index in [0.717, 1.165) is 6.07 Å². The third-order valence-electron chi connectivity index (χ3n) is 1.62. The largest absolute Gasteiger partial charge is 0.416 e. The highest BCUT2D eigenvalue weighted by Gasteiger charge is 2.31.